The van der Waals surface area contributed by atoms with Crippen LogP contribution < -0.4 is 15.8 Å². The largest absolute Gasteiger partial charge is 0.454 e. The van der Waals surface area contributed by atoms with Gasteiger partial charge in [0.2, 0.25) is 0 Å². The van der Waals surface area contributed by atoms with Gasteiger partial charge in [-0.1, -0.05) is 23.7 Å². The summed E-state index contributed by atoms with van der Waals surface area (Å²) in [6.45, 7) is 2.42. The highest BCUT2D eigenvalue weighted by Gasteiger charge is 2.09. The summed E-state index contributed by atoms with van der Waals surface area (Å²) < 4.78 is 5.65. The van der Waals surface area contributed by atoms with Crippen LogP contribution in [0.4, 0.5) is 5.69 Å². The zero-order valence-electron chi connectivity index (χ0n) is 11.0. The fourth-order valence-corrected chi connectivity index (χ4v) is 1.87. The third-order valence-electron chi connectivity index (χ3n) is 2.67. The van der Waals surface area contributed by atoms with Gasteiger partial charge in [-0.15, -0.1) is 0 Å². The predicted molar refractivity (Wildman–Crippen MR) is 80.4 cm³/mol. The summed E-state index contributed by atoms with van der Waals surface area (Å²) in [5.74, 6) is 0.821. The van der Waals surface area contributed by atoms with Crippen LogP contribution in [-0.2, 0) is 0 Å². The van der Waals surface area contributed by atoms with Crippen LogP contribution in [0.5, 0.6) is 11.5 Å². The minimum atomic E-state index is -0.163. The van der Waals surface area contributed by atoms with Crippen molar-refractivity contribution in [2.24, 2.45) is 0 Å². The van der Waals surface area contributed by atoms with Crippen LogP contribution in [0, 0.1) is 0 Å². The van der Waals surface area contributed by atoms with E-state index in [4.69, 9.17) is 22.1 Å². The molecule has 0 unspecified atom stereocenters. The number of anilines is 1. The molecule has 4 nitrogen and oxygen atoms in total. The van der Waals surface area contributed by atoms with Crippen molar-refractivity contribution in [1.29, 1.82) is 0 Å². The Balaban J connectivity index is 2.22. The Hall–Kier alpha value is -2.20. The number of amides is 1. The first-order valence-electron chi connectivity index (χ1n) is 6.22. The zero-order valence-corrected chi connectivity index (χ0v) is 11.8. The zero-order chi connectivity index (χ0) is 14.5. The molecule has 2 aromatic carbocycles. The average Bonchev–Trinajstić information content (AvgIpc) is 2.43. The number of carbonyl (C=O) groups is 1. The van der Waals surface area contributed by atoms with E-state index in [1.807, 2.05) is 19.1 Å². The summed E-state index contributed by atoms with van der Waals surface area (Å²) in [7, 11) is 0. The van der Waals surface area contributed by atoms with Gasteiger partial charge in [-0.2, -0.15) is 0 Å². The van der Waals surface area contributed by atoms with Gasteiger partial charge in [0.1, 0.15) is 11.5 Å². The van der Waals surface area contributed by atoms with Gasteiger partial charge < -0.3 is 15.8 Å². The Morgan fingerprint density at radius 3 is 2.65 bits per heavy atom. The van der Waals surface area contributed by atoms with Gasteiger partial charge in [0.15, 0.2) is 0 Å². The smallest absolute Gasteiger partial charge is 0.251 e. The molecule has 2 aromatic rings. The molecule has 104 valence electrons. The maximum absolute atomic E-state index is 11.7. The second-order valence-corrected chi connectivity index (χ2v) is 4.55. The van der Waals surface area contributed by atoms with E-state index in [1.54, 1.807) is 30.3 Å². The SMILES string of the molecule is CCNC(=O)c1ccc(Oc2ccccc2Cl)c(N)c1. The molecule has 20 heavy (non-hydrogen) atoms. The van der Waals surface area contributed by atoms with Crippen LogP contribution >= 0.6 is 11.6 Å². The van der Waals surface area contributed by atoms with Gasteiger partial charge in [-0.05, 0) is 37.3 Å². The van der Waals surface area contributed by atoms with Crippen LogP contribution in [0.25, 0.3) is 0 Å². The Kier molecular flexibility index (Phi) is 4.48. The van der Waals surface area contributed by atoms with Crippen LogP contribution in [-0.4, -0.2) is 12.5 Å². The van der Waals surface area contributed by atoms with Crippen LogP contribution in [0.15, 0.2) is 42.5 Å². The van der Waals surface area contributed by atoms with E-state index in [9.17, 15) is 4.79 Å². The molecule has 0 saturated carbocycles. The second-order valence-electron chi connectivity index (χ2n) is 4.14. The fraction of sp³-hybridized carbons (Fsp3) is 0.133. The van der Waals surface area contributed by atoms with Gasteiger partial charge in [0.25, 0.3) is 5.91 Å². The van der Waals surface area contributed by atoms with Gasteiger partial charge in [-0.3, -0.25) is 4.79 Å². The van der Waals surface area contributed by atoms with E-state index in [0.717, 1.165) is 0 Å². The summed E-state index contributed by atoms with van der Waals surface area (Å²) in [5, 5.41) is 3.21. The number of nitrogens with two attached hydrogens (primary N) is 1. The number of hydrogen-bond donors (Lipinski definition) is 2. The molecule has 0 aliphatic heterocycles. The lowest BCUT2D eigenvalue weighted by atomic mass is 10.1. The van der Waals surface area contributed by atoms with E-state index in [2.05, 4.69) is 5.32 Å². The molecule has 1 amide bonds. The number of halogens is 1. The lowest BCUT2D eigenvalue weighted by Crippen LogP contribution is -2.22. The summed E-state index contributed by atoms with van der Waals surface area (Å²) >= 11 is 6.02. The van der Waals surface area contributed by atoms with E-state index in [1.165, 1.54) is 0 Å². The number of para-hydroxylation sites is 1. The molecule has 0 aliphatic rings. The van der Waals surface area contributed by atoms with Crippen molar-refractivity contribution in [3.05, 3.63) is 53.1 Å². The van der Waals surface area contributed by atoms with Gasteiger partial charge in [0, 0.05) is 12.1 Å². The van der Waals surface area contributed by atoms with E-state index in [-0.39, 0.29) is 5.91 Å². The summed E-state index contributed by atoms with van der Waals surface area (Å²) in [4.78, 5) is 11.7. The molecule has 5 heteroatoms. The Bertz CT molecular complexity index is 629. The highest BCUT2D eigenvalue weighted by atomic mass is 35.5. The van der Waals surface area contributed by atoms with Crippen molar-refractivity contribution in [1.82, 2.24) is 5.32 Å². The van der Waals surface area contributed by atoms with Crippen molar-refractivity contribution >= 4 is 23.2 Å². The van der Waals surface area contributed by atoms with E-state index in [0.29, 0.717) is 34.3 Å². The van der Waals surface area contributed by atoms with Crippen molar-refractivity contribution < 1.29 is 9.53 Å². The third-order valence-corrected chi connectivity index (χ3v) is 2.98. The number of carbonyl (C=O) groups excluding carboxylic acids is 1. The standard InChI is InChI=1S/C15H15ClN2O2/c1-2-18-15(19)10-7-8-14(12(17)9-10)20-13-6-4-3-5-11(13)16/h3-9H,2,17H2,1H3,(H,18,19). The minimum Gasteiger partial charge on any atom is -0.454 e. The highest BCUT2D eigenvalue weighted by Crippen LogP contribution is 2.32. The normalized spacial score (nSPS) is 10.1. The number of nitrogens with one attached hydrogen (secondary N) is 1. The quantitative estimate of drug-likeness (QED) is 0.848. The molecule has 0 heterocycles. The third kappa shape index (κ3) is 3.22. The maximum atomic E-state index is 11.7. The lowest BCUT2D eigenvalue weighted by molar-refractivity contribution is 0.0956. The van der Waals surface area contributed by atoms with Crippen molar-refractivity contribution in [3.8, 4) is 11.5 Å². The topological polar surface area (TPSA) is 64.3 Å². The second kappa shape index (κ2) is 6.30. The first-order chi connectivity index (χ1) is 9.61. The maximum Gasteiger partial charge on any atom is 0.251 e. The number of nitrogen functional groups attached to an aromatic ring is 1. The molecule has 0 saturated heterocycles. The lowest BCUT2D eigenvalue weighted by Gasteiger charge is -2.11. The number of ether oxygens (including phenoxy) is 1. The molecular weight excluding hydrogens is 276 g/mol. The molecule has 0 spiro atoms. The van der Waals surface area contributed by atoms with Crippen molar-refractivity contribution in [2.45, 2.75) is 6.92 Å². The van der Waals surface area contributed by atoms with Gasteiger partial charge in [0.05, 0.1) is 10.7 Å². The van der Waals surface area contributed by atoms with Crippen LogP contribution in [0.2, 0.25) is 5.02 Å². The van der Waals surface area contributed by atoms with Crippen LogP contribution in [0.1, 0.15) is 17.3 Å². The van der Waals surface area contributed by atoms with Crippen LogP contribution in [0.3, 0.4) is 0 Å². The Morgan fingerprint density at radius 2 is 2.00 bits per heavy atom. The first kappa shape index (κ1) is 14.2. The fourth-order valence-electron chi connectivity index (χ4n) is 1.69. The minimum absolute atomic E-state index is 0.163. The summed E-state index contributed by atoms with van der Waals surface area (Å²) in [6.07, 6.45) is 0. The number of rotatable bonds is 4. The predicted octanol–water partition coefficient (Wildman–Crippen LogP) is 3.46. The molecule has 3 N–H and O–H groups in total. The molecule has 0 atom stereocenters. The Morgan fingerprint density at radius 1 is 1.25 bits per heavy atom. The molecule has 0 aromatic heterocycles. The monoisotopic (exact) mass is 290 g/mol. The van der Waals surface area contributed by atoms with Crippen molar-refractivity contribution in [2.75, 3.05) is 12.3 Å². The highest BCUT2D eigenvalue weighted by molar-refractivity contribution is 6.32. The molecule has 2 rings (SSSR count). The summed E-state index contributed by atoms with van der Waals surface area (Å²) in [6, 6.07) is 12.0. The molecule has 0 fully saturated rings. The summed E-state index contributed by atoms with van der Waals surface area (Å²) in [5.41, 5.74) is 6.78. The molecule has 0 radical (unpaired) electrons. The molecular formula is C15H15ClN2O2. The number of benzene rings is 2. The average molecular weight is 291 g/mol. The number of hydrogen-bond acceptors (Lipinski definition) is 3. The Labute approximate surface area is 122 Å². The van der Waals surface area contributed by atoms with Gasteiger partial charge in [-0.25, -0.2) is 0 Å². The van der Waals surface area contributed by atoms with E-state index < -0.39 is 0 Å². The molecule has 0 bridgehead atoms. The van der Waals surface area contributed by atoms with Crippen molar-refractivity contribution in [3.63, 3.8) is 0 Å². The van der Waals surface area contributed by atoms with E-state index >= 15 is 0 Å². The first-order valence-corrected chi connectivity index (χ1v) is 6.59. The molecule has 0 aliphatic carbocycles. The van der Waals surface area contributed by atoms with Gasteiger partial charge >= 0.3 is 0 Å².